The van der Waals surface area contributed by atoms with Gasteiger partial charge in [-0.1, -0.05) is 30.3 Å². The number of carbonyl (C=O) groups excluding carboxylic acids is 1. The average molecular weight is 392 g/mol. The fraction of sp³-hybridized carbons (Fsp3) is 0.318. The molecule has 4 rings (SSSR count). The lowest BCUT2D eigenvalue weighted by Gasteiger charge is -2.19. The minimum absolute atomic E-state index is 0.209. The molecule has 0 aliphatic carbocycles. The summed E-state index contributed by atoms with van der Waals surface area (Å²) in [6.07, 6.45) is 5.89. The van der Waals surface area contributed by atoms with E-state index in [4.69, 9.17) is 9.15 Å². The van der Waals surface area contributed by atoms with E-state index >= 15 is 0 Å². The van der Waals surface area contributed by atoms with Crippen LogP contribution in [0.1, 0.15) is 41.4 Å². The molecule has 1 amide bonds. The maximum Gasteiger partial charge on any atom is 0.273 e. The van der Waals surface area contributed by atoms with Crippen molar-refractivity contribution in [3.8, 4) is 11.5 Å². The predicted octanol–water partition coefficient (Wildman–Crippen LogP) is 3.82. The molecule has 3 aromatic rings. The Morgan fingerprint density at radius 1 is 1.03 bits per heavy atom. The monoisotopic (exact) mass is 392 g/mol. The Morgan fingerprint density at radius 3 is 2.83 bits per heavy atom. The molecule has 3 heterocycles. The highest BCUT2D eigenvalue weighted by Crippen LogP contribution is 2.22. The first-order valence-corrected chi connectivity index (χ1v) is 9.90. The highest BCUT2D eigenvalue weighted by atomic mass is 16.5. The number of ether oxygens (including phenoxy) is 1. The molecule has 0 radical (unpaired) electrons. The summed E-state index contributed by atoms with van der Waals surface area (Å²) >= 11 is 0. The van der Waals surface area contributed by atoms with Gasteiger partial charge in [-0.3, -0.25) is 4.79 Å². The lowest BCUT2D eigenvalue weighted by molar-refractivity contribution is 0.0478. The summed E-state index contributed by atoms with van der Waals surface area (Å²) in [5.41, 5.74) is 2.05. The normalized spacial score (nSPS) is 18.3. The van der Waals surface area contributed by atoms with Crippen LogP contribution in [0.15, 0.2) is 59.3 Å². The van der Waals surface area contributed by atoms with Crippen LogP contribution in [0.3, 0.4) is 0 Å². The SMILES string of the molecule is O=C1NCC(c2ccccc2)OCCCCCNc2cc(ccn2)-c2nc1co2. The van der Waals surface area contributed by atoms with Gasteiger partial charge in [-0.2, -0.15) is 0 Å². The van der Waals surface area contributed by atoms with Gasteiger partial charge in [0.05, 0.1) is 6.10 Å². The summed E-state index contributed by atoms with van der Waals surface area (Å²) in [5.74, 6) is 0.860. The van der Waals surface area contributed by atoms with Crippen molar-refractivity contribution in [1.82, 2.24) is 15.3 Å². The Balaban J connectivity index is 1.54. The smallest absolute Gasteiger partial charge is 0.273 e. The molecule has 2 N–H and O–H groups in total. The second-order valence-corrected chi connectivity index (χ2v) is 6.94. The molecule has 0 fully saturated rings. The number of fused-ring (bicyclic) bond motifs is 5. The zero-order chi connectivity index (χ0) is 19.9. The molecular weight excluding hydrogens is 368 g/mol. The van der Waals surface area contributed by atoms with Gasteiger partial charge in [0.15, 0.2) is 5.69 Å². The van der Waals surface area contributed by atoms with E-state index in [-0.39, 0.29) is 17.7 Å². The van der Waals surface area contributed by atoms with E-state index in [2.05, 4.69) is 20.6 Å². The number of nitrogens with zero attached hydrogens (tertiary/aromatic N) is 2. The Kier molecular flexibility index (Phi) is 6.16. The van der Waals surface area contributed by atoms with Crippen LogP contribution in [0, 0.1) is 0 Å². The molecule has 4 bridgehead atoms. The van der Waals surface area contributed by atoms with Crippen LogP contribution in [0.2, 0.25) is 0 Å². The third-order valence-corrected chi connectivity index (χ3v) is 4.81. The molecule has 150 valence electrons. The number of anilines is 1. The second kappa shape index (κ2) is 9.34. The van der Waals surface area contributed by atoms with Crippen LogP contribution >= 0.6 is 0 Å². The van der Waals surface area contributed by atoms with Crippen LogP contribution < -0.4 is 10.6 Å². The van der Waals surface area contributed by atoms with Crippen molar-refractivity contribution in [3.63, 3.8) is 0 Å². The van der Waals surface area contributed by atoms with Crippen molar-refractivity contribution in [2.45, 2.75) is 25.4 Å². The van der Waals surface area contributed by atoms with E-state index in [9.17, 15) is 4.79 Å². The maximum absolute atomic E-state index is 12.6. The van der Waals surface area contributed by atoms with Gasteiger partial charge < -0.3 is 19.8 Å². The number of rotatable bonds is 1. The zero-order valence-corrected chi connectivity index (χ0v) is 16.1. The number of benzene rings is 1. The van der Waals surface area contributed by atoms with Gasteiger partial charge in [0, 0.05) is 31.5 Å². The van der Waals surface area contributed by atoms with Gasteiger partial charge in [-0.25, -0.2) is 9.97 Å². The highest BCUT2D eigenvalue weighted by Gasteiger charge is 2.18. The predicted molar refractivity (Wildman–Crippen MR) is 110 cm³/mol. The van der Waals surface area contributed by atoms with Crippen molar-refractivity contribution in [2.24, 2.45) is 0 Å². The summed E-state index contributed by atoms with van der Waals surface area (Å²) in [4.78, 5) is 21.2. The Labute approximate surface area is 169 Å². The molecule has 7 heteroatoms. The van der Waals surface area contributed by atoms with Crippen molar-refractivity contribution >= 4 is 11.7 Å². The van der Waals surface area contributed by atoms with Gasteiger partial charge in [-0.15, -0.1) is 0 Å². The number of hydrogen-bond acceptors (Lipinski definition) is 6. The Hall–Kier alpha value is -3.19. The standard InChI is InChI=1S/C22H24N4O3/c27-21-18-15-29-22(26-18)17-9-11-24-20(13-17)23-10-5-2-6-12-28-19(14-25-21)16-7-3-1-4-8-16/h1,3-4,7-9,11,13,15,19H,2,5-6,10,12,14H2,(H,23,24)(H,25,27). The average Bonchev–Trinajstić information content (AvgIpc) is 3.26. The molecule has 1 atom stereocenters. The first kappa shape index (κ1) is 19.1. The fourth-order valence-corrected chi connectivity index (χ4v) is 3.23. The molecule has 0 saturated carbocycles. The van der Waals surface area contributed by atoms with Crippen molar-refractivity contribution in [2.75, 3.05) is 25.0 Å². The molecule has 29 heavy (non-hydrogen) atoms. The number of carbonyl (C=O) groups is 1. The van der Waals surface area contributed by atoms with Crippen molar-refractivity contribution in [3.05, 3.63) is 66.2 Å². The van der Waals surface area contributed by atoms with Crippen LogP contribution in [0.5, 0.6) is 0 Å². The summed E-state index contributed by atoms with van der Waals surface area (Å²) < 4.78 is 11.6. The quantitative estimate of drug-likeness (QED) is 0.654. The fourth-order valence-electron chi connectivity index (χ4n) is 3.23. The van der Waals surface area contributed by atoms with Crippen LogP contribution in [0.25, 0.3) is 11.5 Å². The molecular formula is C22H24N4O3. The van der Waals surface area contributed by atoms with Gasteiger partial charge in [0.2, 0.25) is 5.89 Å². The number of amides is 1. The summed E-state index contributed by atoms with van der Waals surface area (Å²) in [6.45, 7) is 1.83. The molecule has 0 spiro atoms. The number of aromatic nitrogens is 2. The summed E-state index contributed by atoms with van der Waals surface area (Å²) in [7, 11) is 0. The molecule has 1 aromatic carbocycles. The number of oxazole rings is 1. The van der Waals surface area contributed by atoms with Crippen molar-refractivity contribution < 1.29 is 13.9 Å². The number of pyridine rings is 1. The lowest BCUT2D eigenvalue weighted by Crippen LogP contribution is -2.30. The molecule has 1 aliphatic heterocycles. The van der Waals surface area contributed by atoms with E-state index in [0.29, 0.717) is 19.0 Å². The van der Waals surface area contributed by atoms with Crippen LogP contribution in [-0.2, 0) is 4.74 Å². The van der Waals surface area contributed by atoms with Gasteiger partial charge in [0.25, 0.3) is 5.91 Å². The highest BCUT2D eigenvalue weighted by molar-refractivity contribution is 5.92. The van der Waals surface area contributed by atoms with Gasteiger partial charge in [0.1, 0.15) is 12.1 Å². The van der Waals surface area contributed by atoms with Crippen LogP contribution in [0.4, 0.5) is 5.82 Å². The van der Waals surface area contributed by atoms with E-state index in [0.717, 1.165) is 42.8 Å². The van der Waals surface area contributed by atoms with Crippen LogP contribution in [-0.4, -0.2) is 35.6 Å². The second-order valence-electron chi connectivity index (χ2n) is 6.94. The Bertz CT molecular complexity index is 942. The minimum atomic E-state index is -0.291. The van der Waals surface area contributed by atoms with Gasteiger partial charge >= 0.3 is 0 Å². The number of hydrogen-bond donors (Lipinski definition) is 2. The van der Waals surface area contributed by atoms with Gasteiger partial charge in [-0.05, 0) is 37.0 Å². The first-order valence-electron chi connectivity index (χ1n) is 9.90. The maximum atomic E-state index is 12.6. The van der Waals surface area contributed by atoms with E-state index < -0.39 is 0 Å². The molecule has 1 unspecified atom stereocenters. The first-order chi connectivity index (χ1) is 14.3. The van der Waals surface area contributed by atoms with E-state index in [1.54, 1.807) is 6.20 Å². The van der Waals surface area contributed by atoms with Crippen molar-refractivity contribution in [1.29, 1.82) is 0 Å². The Morgan fingerprint density at radius 2 is 1.93 bits per heavy atom. The molecule has 1 aliphatic rings. The zero-order valence-electron chi connectivity index (χ0n) is 16.1. The molecule has 7 nitrogen and oxygen atoms in total. The summed E-state index contributed by atoms with van der Waals surface area (Å²) in [6, 6.07) is 13.6. The minimum Gasteiger partial charge on any atom is -0.444 e. The lowest BCUT2D eigenvalue weighted by atomic mass is 10.1. The third-order valence-electron chi connectivity index (χ3n) is 4.81. The van der Waals surface area contributed by atoms with E-state index in [1.807, 2.05) is 42.5 Å². The summed E-state index contributed by atoms with van der Waals surface area (Å²) in [5, 5.41) is 6.24. The largest absolute Gasteiger partial charge is 0.444 e. The molecule has 0 saturated heterocycles. The van der Waals surface area contributed by atoms with E-state index in [1.165, 1.54) is 6.26 Å². The molecule has 2 aromatic heterocycles. The number of nitrogens with one attached hydrogen (secondary N) is 2. The topological polar surface area (TPSA) is 89.3 Å². The third kappa shape index (κ3) is 5.00.